The van der Waals surface area contributed by atoms with Crippen LogP contribution in [-0.4, -0.2) is 12.2 Å². The second kappa shape index (κ2) is 4.22. The minimum Gasteiger partial charge on any atom is -0.328 e. The van der Waals surface area contributed by atoms with Crippen molar-refractivity contribution >= 4 is 0 Å². The quantitative estimate of drug-likeness (QED) is 0.653. The Morgan fingerprint density at radius 3 is 2.50 bits per heavy atom. The largest absolute Gasteiger partial charge is 0.392 e. The van der Waals surface area contributed by atoms with Crippen molar-refractivity contribution in [3.63, 3.8) is 0 Å². The van der Waals surface area contributed by atoms with Crippen molar-refractivity contribution in [3.05, 3.63) is 0 Å². The summed E-state index contributed by atoms with van der Waals surface area (Å²) in [4.78, 5) is 0. The first-order chi connectivity index (χ1) is 6.45. The minimum absolute atomic E-state index is 0.119. The van der Waals surface area contributed by atoms with E-state index in [1.807, 2.05) is 0 Å². The summed E-state index contributed by atoms with van der Waals surface area (Å²) in [5.74, 6) is 0.570. The molecule has 1 aliphatic carbocycles. The Hall–Kier alpha value is -0.690. The van der Waals surface area contributed by atoms with E-state index in [0.29, 0.717) is 12.8 Å². The molecule has 1 rings (SSSR count). The van der Waals surface area contributed by atoms with Gasteiger partial charge in [0.15, 0.2) is 0 Å². The van der Waals surface area contributed by atoms with E-state index in [2.05, 4.69) is 5.92 Å². The highest BCUT2D eigenvalue weighted by atomic mass is 19.4. The SMILES string of the molecule is C#CCC1CC(N)CCC1C(F)(F)F. The van der Waals surface area contributed by atoms with Crippen LogP contribution in [0.4, 0.5) is 13.2 Å². The average molecular weight is 205 g/mol. The molecule has 0 bridgehead atoms. The highest BCUT2D eigenvalue weighted by Gasteiger charge is 2.46. The molecule has 0 heterocycles. The van der Waals surface area contributed by atoms with Crippen molar-refractivity contribution in [1.29, 1.82) is 0 Å². The molecule has 1 aliphatic rings. The van der Waals surface area contributed by atoms with Gasteiger partial charge in [0.2, 0.25) is 0 Å². The zero-order valence-electron chi connectivity index (χ0n) is 7.85. The highest BCUT2D eigenvalue weighted by Crippen LogP contribution is 2.42. The maximum Gasteiger partial charge on any atom is 0.392 e. The molecule has 1 saturated carbocycles. The number of rotatable bonds is 1. The molecular weight excluding hydrogens is 191 g/mol. The third-order valence-electron chi connectivity index (χ3n) is 2.82. The summed E-state index contributed by atoms with van der Waals surface area (Å²) >= 11 is 0. The van der Waals surface area contributed by atoms with E-state index in [4.69, 9.17) is 12.2 Å². The molecule has 1 nitrogen and oxygen atoms in total. The van der Waals surface area contributed by atoms with Gasteiger partial charge in [-0.3, -0.25) is 0 Å². The van der Waals surface area contributed by atoms with Crippen LogP contribution in [0.2, 0.25) is 0 Å². The zero-order chi connectivity index (χ0) is 10.8. The molecule has 0 amide bonds. The smallest absolute Gasteiger partial charge is 0.328 e. The predicted octanol–water partition coefficient (Wildman–Crippen LogP) is 2.32. The molecule has 0 saturated heterocycles. The van der Waals surface area contributed by atoms with Gasteiger partial charge in [-0.05, 0) is 25.2 Å². The third kappa shape index (κ3) is 2.65. The van der Waals surface area contributed by atoms with Crippen LogP contribution >= 0.6 is 0 Å². The van der Waals surface area contributed by atoms with Gasteiger partial charge in [-0.25, -0.2) is 0 Å². The second-order valence-electron chi connectivity index (χ2n) is 3.89. The lowest BCUT2D eigenvalue weighted by Crippen LogP contribution is -2.39. The topological polar surface area (TPSA) is 26.0 Å². The summed E-state index contributed by atoms with van der Waals surface area (Å²) in [5.41, 5.74) is 5.62. The van der Waals surface area contributed by atoms with Crippen LogP contribution in [0.5, 0.6) is 0 Å². The molecule has 80 valence electrons. The lowest BCUT2D eigenvalue weighted by atomic mass is 9.75. The molecule has 0 aromatic heterocycles. The second-order valence-corrected chi connectivity index (χ2v) is 3.89. The Morgan fingerprint density at radius 1 is 1.36 bits per heavy atom. The van der Waals surface area contributed by atoms with Crippen LogP contribution < -0.4 is 5.73 Å². The molecular formula is C10H14F3N. The van der Waals surface area contributed by atoms with E-state index in [0.717, 1.165) is 0 Å². The third-order valence-corrected chi connectivity index (χ3v) is 2.82. The molecule has 0 spiro atoms. The van der Waals surface area contributed by atoms with Gasteiger partial charge < -0.3 is 5.73 Å². The fourth-order valence-electron chi connectivity index (χ4n) is 2.11. The maximum atomic E-state index is 12.5. The lowest BCUT2D eigenvalue weighted by molar-refractivity contribution is -0.196. The summed E-state index contributed by atoms with van der Waals surface area (Å²) < 4.78 is 37.6. The summed E-state index contributed by atoms with van der Waals surface area (Å²) in [5, 5.41) is 0. The summed E-state index contributed by atoms with van der Waals surface area (Å²) in [6.07, 6.45) is 2.08. The fraction of sp³-hybridized carbons (Fsp3) is 0.800. The van der Waals surface area contributed by atoms with E-state index in [1.54, 1.807) is 0 Å². The first-order valence-electron chi connectivity index (χ1n) is 4.71. The maximum absolute atomic E-state index is 12.5. The lowest BCUT2D eigenvalue weighted by Gasteiger charge is -2.34. The number of hydrogen-bond donors (Lipinski definition) is 1. The molecule has 0 aromatic rings. The molecule has 0 aliphatic heterocycles. The predicted molar refractivity (Wildman–Crippen MR) is 48.3 cm³/mol. The van der Waals surface area contributed by atoms with E-state index in [-0.39, 0.29) is 18.9 Å². The van der Waals surface area contributed by atoms with Crippen molar-refractivity contribution < 1.29 is 13.2 Å². The van der Waals surface area contributed by atoms with E-state index < -0.39 is 18.0 Å². The first kappa shape index (κ1) is 11.4. The van der Waals surface area contributed by atoms with Gasteiger partial charge in [0.25, 0.3) is 0 Å². The molecule has 0 radical (unpaired) electrons. The Morgan fingerprint density at radius 2 is 2.00 bits per heavy atom. The minimum atomic E-state index is -4.12. The summed E-state index contributed by atoms with van der Waals surface area (Å²) in [7, 11) is 0. The molecule has 14 heavy (non-hydrogen) atoms. The molecule has 2 N–H and O–H groups in total. The van der Waals surface area contributed by atoms with Gasteiger partial charge >= 0.3 is 6.18 Å². The monoisotopic (exact) mass is 205 g/mol. The van der Waals surface area contributed by atoms with Crippen molar-refractivity contribution in [2.45, 2.75) is 37.9 Å². The van der Waals surface area contributed by atoms with Gasteiger partial charge in [-0.1, -0.05) is 0 Å². The van der Waals surface area contributed by atoms with Gasteiger partial charge in [0.1, 0.15) is 0 Å². The molecule has 0 aromatic carbocycles. The fourth-order valence-corrected chi connectivity index (χ4v) is 2.11. The Kier molecular flexibility index (Phi) is 3.43. The van der Waals surface area contributed by atoms with Crippen LogP contribution in [-0.2, 0) is 0 Å². The van der Waals surface area contributed by atoms with Gasteiger partial charge in [0.05, 0.1) is 5.92 Å². The number of alkyl halides is 3. The van der Waals surface area contributed by atoms with Crippen LogP contribution in [0, 0.1) is 24.2 Å². The molecule has 3 atom stereocenters. The molecule has 3 unspecified atom stereocenters. The normalized spacial score (nSPS) is 33.8. The Bertz CT molecular complexity index is 229. The number of halogens is 3. The summed E-state index contributed by atoms with van der Waals surface area (Å²) in [6.45, 7) is 0. The molecule has 1 fully saturated rings. The Labute approximate surface area is 81.9 Å². The van der Waals surface area contributed by atoms with Crippen LogP contribution in [0.25, 0.3) is 0 Å². The average Bonchev–Trinajstić information content (AvgIpc) is 2.02. The zero-order valence-corrected chi connectivity index (χ0v) is 7.85. The van der Waals surface area contributed by atoms with Crippen LogP contribution in [0.1, 0.15) is 25.7 Å². The van der Waals surface area contributed by atoms with Crippen molar-refractivity contribution in [1.82, 2.24) is 0 Å². The number of terminal acetylenes is 1. The number of nitrogens with two attached hydrogens (primary N) is 1. The van der Waals surface area contributed by atoms with E-state index >= 15 is 0 Å². The van der Waals surface area contributed by atoms with E-state index in [9.17, 15) is 13.2 Å². The van der Waals surface area contributed by atoms with Gasteiger partial charge in [-0.15, -0.1) is 12.3 Å². The van der Waals surface area contributed by atoms with Crippen LogP contribution in [0.3, 0.4) is 0 Å². The van der Waals surface area contributed by atoms with Crippen molar-refractivity contribution in [3.8, 4) is 12.3 Å². The first-order valence-corrected chi connectivity index (χ1v) is 4.71. The van der Waals surface area contributed by atoms with Gasteiger partial charge in [0, 0.05) is 12.5 Å². The van der Waals surface area contributed by atoms with Gasteiger partial charge in [-0.2, -0.15) is 13.2 Å². The standard InChI is InChI=1S/C10H14F3N/c1-2-3-7-6-8(14)4-5-9(7)10(11,12)13/h1,7-9H,3-6,14H2. The van der Waals surface area contributed by atoms with Crippen molar-refractivity contribution in [2.24, 2.45) is 17.6 Å². The summed E-state index contributed by atoms with van der Waals surface area (Å²) in [6, 6.07) is -0.119. The number of hydrogen-bond acceptors (Lipinski definition) is 1. The van der Waals surface area contributed by atoms with Crippen LogP contribution in [0.15, 0.2) is 0 Å². The Balaban J connectivity index is 2.68. The molecule has 4 heteroatoms. The van der Waals surface area contributed by atoms with E-state index in [1.165, 1.54) is 0 Å². The highest BCUT2D eigenvalue weighted by molar-refractivity contribution is 4.94. The van der Waals surface area contributed by atoms with Crippen molar-refractivity contribution in [2.75, 3.05) is 0 Å².